The van der Waals surface area contributed by atoms with E-state index in [2.05, 4.69) is 127 Å². The van der Waals surface area contributed by atoms with E-state index in [1.165, 1.54) is 50.1 Å². The minimum Gasteiger partial charge on any atom is -0.0622 e. The van der Waals surface area contributed by atoms with Gasteiger partial charge in [0.15, 0.2) is 0 Å². The lowest BCUT2D eigenvalue weighted by Gasteiger charge is -2.21. The van der Waals surface area contributed by atoms with Gasteiger partial charge in [0.1, 0.15) is 0 Å². The molecule has 0 nitrogen and oxygen atoms in total. The lowest BCUT2D eigenvalue weighted by molar-refractivity contribution is 0.963. The molecular weight excluding hydrogens is 408 g/mol. The number of hydrogen-bond acceptors (Lipinski definition) is 0. The van der Waals surface area contributed by atoms with Gasteiger partial charge in [-0.3, -0.25) is 0 Å². The van der Waals surface area contributed by atoms with Crippen LogP contribution in [-0.4, -0.2) is 0 Å². The molecule has 164 valence electrons. The Labute approximate surface area is 202 Å². The monoisotopic (exact) mass is 436 g/mol. The van der Waals surface area contributed by atoms with Crippen LogP contribution in [-0.2, 0) is 19.3 Å². The molecule has 8 bridgehead atoms. The molecule has 5 aromatic carbocycles. The average Bonchev–Trinajstić information content (AvgIpc) is 2.86. The molecule has 0 fully saturated rings. The predicted molar refractivity (Wildman–Crippen MR) is 142 cm³/mol. The maximum Gasteiger partial charge on any atom is 0.0340 e. The Morgan fingerprint density at radius 3 is 1.12 bits per heavy atom. The van der Waals surface area contributed by atoms with Crippen molar-refractivity contribution in [3.05, 3.63) is 177 Å². The van der Waals surface area contributed by atoms with E-state index in [0.29, 0.717) is 0 Å². The summed E-state index contributed by atoms with van der Waals surface area (Å²) in [6, 6.07) is 47.5. The van der Waals surface area contributed by atoms with Gasteiger partial charge in [0.05, 0.1) is 0 Å². The molecule has 1 aliphatic rings. The Kier molecular flexibility index (Phi) is 5.57. The second-order valence-corrected chi connectivity index (χ2v) is 9.50. The highest BCUT2D eigenvalue weighted by molar-refractivity contribution is 5.47. The van der Waals surface area contributed by atoms with Crippen LogP contribution in [0.1, 0.15) is 56.0 Å². The zero-order valence-electron chi connectivity index (χ0n) is 19.3. The minimum absolute atomic E-state index is 0.215. The Hall–Kier alpha value is -3.90. The summed E-state index contributed by atoms with van der Waals surface area (Å²) in [4.78, 5) is 0. The standard InChI is InChI=1S/C34H28/c1-2-14-31(15-3-1)34-32-16-6-12-29(23-32)21-27-10-4-8-25(19-27)18-26-9-5-11-28(20-26)22-30-13-7-17-33(34)24-30/h1-17,19-20,23-24,34H,18,21-22H2. The predicted octanol–water partition coefficient (Wildman–Crippen LogP) is 7.95. The third-order valence-electron chi connectivity index (χ3n) is 6.91. The van der Waals surface area contributed by atoms with Gasteiger partial charge in [-0.1, -0.05) is 127 Å². The van der Waals surface area contributed by atoms with Crippen molar-refractivity contribution in [1.29, 1.82) is 0 Å². The number of fused-ring (bicyclic) bond motifs is 8. The van der Waals surface area contributed by atoms with Crippen LogP contribution in [0.5, 0.6) is 0 Å². The quantitative estimate of drug-likeness (QED) is 0.245. The third-order valence-corrected chi connectivity index (χ3v) is 6.91. The highest BCUT2D eigenvalue weighted by Gasteiger charge is 2.18. The van der Waals surface area contributed by atoms with Crippen LogP contribution in [0.4, 0.5) is 0 Å². The summed E-state index contributed by atoms with van der Waals surface area (Å²) >= 11 is 0. The van der Waals surface area contributed by atoms with Crippen LogP contribution in [0.2, 0.25) is 0 Å². The molecule has 5 aromatic rings. The summed E-state index contributed by atoms with van der Waals surface area (Å²) in [5.74, 6) is 0.215. The average molecular weight is 437 g/mol. The summed E-state index contributed by atoms with van der Waals surface area (Å²) in [5, 5.41) is 0. The van der Waals surface area contributed by atoms with E-state index in [0.717, 1.165) is 19.3 Å². The summed E-state index contributed by atoms with van der Waals surface area (Å²) in [5.41, 5.74) is 12.3. The van der Waals surface area contributed by atoms with Gasteiger partial charge in [0.2, 0.25) is 0 Å². The lowest BCUT2D eigenvalue weighted by Crippen LogP contribution is -2.05. The number of rotatable bonds is 1. The van der Waals surface area contributed by atoms with E-state index < -0.39 is 0 Å². The van der Waals surface area contributed by atoms with Crippen LogP contribution in [0.3, 0.4) is 0 Å². The molecule has 0 saturated carbocycles. The third kappa shape index (κ3) is 4.45. The largest absolute Gasteiger partial charge is 0.0622 e. The molecule has 0 N–H and O–H groups in total. The van der Waals surface area contributed by atoms with E-state index >= 15 is 0 Å². The highest BCUT2D eigenvalue weighted by atomic mass is 14.2. The molecule has 0 amide bonds. The van der Waals surface area contributed by atoms with Crippen LogP contribution < -0.4 is 0 Å². The van der Waals surface area contributed by atoms with Gasteiger partial charge in [-0.25, -0.2) is 0 Å². The molecule has 0 aliphatic heterocycles. The molecule has 6 rings (SSSR count). The van der Waals surface area contributed by atoms with E-state index in [9.17, 15) is 0 Å². The second kappa shape index (κ2) is 9.15. The summed E-state index contributed by atoms with van der Waals surface area (Å²) in [7, 11) is 0. The van der Waals surface area contributed by atoms with E-state index in [4.69, 9.17) is 0 Å². The van der Waals surface area contributed by atoms with Gasteiger partial charge in [0.25, 0.3) is 0 Å². The van der Waals surface area contributed by atoms with Crippen LogP contribution in [0.15, 0.2) is 127 Å². The van der Waals surface area contributed by atoms with Gasteiger partial charge in [-0.15, -0.1) is 0 Å². The lowest BCUT2D eigenvalue weighted by atomic mass is 9.83. The zero-order chi connectivity index (χ0) is 22.7. The SMILES string of the molecule is c1ccc(C2c3cccc(c3)Cc3cccc(c3)Cc3cccc(c3)Cc3cccc2c3)cc1. The van der Waals surface area contributed by atoms with E-state index in [1.54, 1.807) is 0 Å². The van der Waals surface area contributed by atoms with Crippen LogP contribution >= 0.6 is 0 Å². The molecule has 0 spiro atoms. The minimum atomic E-state index is 0.215. The topological polar surface area (TPSA) is 0 Å². The molecule has 0 heteroatoms. The zero-order valence-corrected chi connectivity index (χ0v) is 19.3. The van der Waals surface area contributed by atoms with Crippen molar-refractivity contribution in [3.63, 3.8) is 0 Å². The molecule has 0 saturated heterocycles. The van der Waals surface area contributed by atoms with Crippen molar-refractivity contribution in [3.8, 4) is 0 Å². The van der Waals surface area contributed by atoms with Crippen LogP contribution in [0, 0.1) is 0 Å². The first kappa shape index (κ1) is 20.7. The van der Waals surface area contributed by atoms with Crippen molar-refractivity contribution >= 4 is 0 Å². The fourth-order valence-electron chi connectivity index (χ4n) is 5.39. The number of benzene rings is 5. The van der Waals surface area contributed by atoms with E-state index in [1.807, 2.05) is 0 Å². The fourth-order valence-corrected chi connectivity index (χ4v) is 5.39. The maximum atomic E-state index is 2.41. The summed E-state index contributed by atoms with van der Waals surface area (Å²) in [6.07, 6.45) is 2.87. The first-order valence-electron chi connectivity index (χ1n) is 12.2. The Morgan fingerprint density at radius 2 is 0.676 bits per heavy atom. The molecule has 0 atom stereocenters. The van der Waals surface area contributed by atoms with Gasteiger partial charge in [0, 0.05) is 5.92 Å². The second-order valence-electron chi connectivity index (χ2n) is 9.50. The van der Waals surface area contributed by atoms with Gasteiger partial charge in [-0.2, -0.15) is 0 Å². The van der Waals surface area contributed by atoms with Gasteiger partial charge < -0.3 is 0 Å². The Morgan fingerprint density at radius 1 is 0.324 bits per heavy atom. The van der Waals surface area contributed by atoms with Crippen molar-refractivity contribution in [2.75, 3.05) is 0 Å². The molecule has 0 heterocycles. The summed E-state index contributed by atoms with van der Waals surface area (Å²) in [6.45, 7) is 0. The first-order valence-corrected chi connectivity index (χ1v) is 12.2. The fraction of sp³-hybridized carbons (Fsp3) is 0.118. The number of hydrogen-bond donors (Lipinski definition) is 0. The molecule has 0 aromatic heterocycles. The molecule has 0 radical (unpaired) electrons. The van der Waals surface area contributed by atoms with Crippen molar-refractivity contribution in [2.24, 2.45) is 0 Å². The summed E-state index contributed by atoms with van der Waals surface area (Å²) < 4.78 is 0. The van der Waals surface area contributed by atoms with Crippen molar-refractivity contribution in [2.45, 2.75) is 25.2 Å². The van der Waals surface area contributed by atoms with Gasteiger partial charge >= 0.3 is 0 Å². The van der Waals surface area contributed by atoms with Crippen molar-refractivity contribution in [1.82, 2.24) is 0 Å². The van der Waals surface area contributed by atoms with Gasteiger partial charge in [-0.05, 0) is 69.3 Å². The van der Waals surface area contributed by atoms with Crippen LogP contribution in [0.25, 0.3) is 0 Å². The smallest absolute Gasteiger partial charge is 0.0340 e. The Balaban J connectivity index is 1.53. The Bertz CT molecular complexity index is 1340. The highest BCUT2D eigenvalue weighted by Crippen LogP contribution is 2.33. The molecular formula is C34H28. The maximum absolute atomic E-state index is 2.41. The molecule has 0 unspecified atom stereocenters. The molecule has 34 heavy (non-hydrogen) atoms. The van der Waals surface area contributed by atoms with Crippen molar-refractivity contribution < 1.29 is 0 Å². The van der Waals surface area contributed by atoms with E-state index in [-0.39, 0.29) is 5.92 Å². The normalized spacial score (nSPS) is 13.4. The molecule has 1 aliphatic carbocycles. The first-order chi connectivity index (χ1) is 16.8.